The Balaban J connectivity index is 1.54. The molecule has 4 aromatic rings. The lowest BCUT2D eigenvalue weighted by molar-refractivity contribution is -0.384. The number of thioether (sulfide) groups is 1. The summed E-state index contributed by atoms with van der Waals surface area (Å²) in [7, 11) is 0. The third kappa shape index (κ3) is 3.43. The molecule has 0 aliphatic carbocycles. The van der Waals surface area contributed by atoms with Crippen LogP contribution in [0.2, 0.25) is 0 Å². The molecular weight excluding hydrogens is 382 g/mol. The van der Waals surface area contributed by atoms with Crippen molar-refractivity contribution in [2.75, 3.05) is 0 Å². The first kappa shape index (κ1) is 18.0. The topological polar surface area (TPSA) is 125 Å². The summed E-state index contributed by atoms with van der Waals surface area (Å²) in [5.74, 6) is 1.26. The molecule has 0 spiro atoms. The van der Waals surface area contributed by atoms with Gasteiger partial charge in [-0.3, -0.25) is 10.1 Å². The van der Waals surface area contributed by atoms with E-state index in [-0.39, 0.29) is 10.9 Å². The molecule has 0 saturated carbocycles. The normalized spacial score (nSPS) is 12.4. The number of nitrogens with zero attached hydrogens (tertiary/aromatic N) is 7. The van der Waals surface area contributed by atoms with Gasteiger partial charge in [0.25, 0.3) is 11.5 Å². The molecule has 1 unspecified atom stereocenters. The molecule has 0 aliphatic rings. The van der Waals surface area contributed by atoms with Crippen molar-refractivity contribution in [3.05, 3.63) is 57.7 Å². The Bertz CT molecular complexity index is 1170. The molecule has 142 valence electrons. The smallest absolute Gasteiger partial charge is 0.269 e. The molecule has 0 fully saturated rings. The van der Waals surface area contributed by atoms with Gasteiger partial charge in [-0.15, -0.1) is 15.3 Å². The Morgan fingerprint density at radius 1 is 1.18 bits per heavy atom. The summed E-state index contributed by atoms with van der Waals surface area (Å²) >= 11 is 1.38. The van der Waals surface area contributed by atoms with Gasteiger partial charge >= 0.3 is 0 Å². The largest absolute Gasteiger partial charge is 0.419 e. The van der Waals surface area contributed by atoms with Gasteiger partial charge in [0.05, 0.1) is 10.2 Å². The van der Waals surface area contributed by atoms with E-state index in [9.17, 15) is 10.1 Å². The zero-order valence-corrected chi connectivity index (χ0v) is 16.0. The molecule has 0 radical (unpaired) electrons. The zero-order valence-electron chi connectivity index (χ0n) is 15.2. The van der Waals surface area contributed by atoms with Gasteiger partial charge in [0.1, 0.15) is 0 Å². The fourth-order valence-electron chi connectivity index (χ4n) is 2.65. The van der Waals surface area contributed by atoms with E-state index in [1.54, 1.807) is 16.6 Å². The van der Waals surface area contributed by atoms with Crippen LogP contribution in [0.1, 0.15) is 29.5 Å². The summed E-state index contributed by atoms with van der Waals surface area (Å²) in [4.78, 5) is 19.1. The Kier molecular flexibility index (Phi) is 4.51. The van der Waals surface area contributed by atoms with Crippen LogP contribution in [0.4, 0.5) is 5.69 Å². The van der Waals surface area contributed by atoms with Crippen LogP contribution in [0, 0.1) is 24.0 Å². The minimum atomic E-state index is -0.457. The van der Waals surface area contributed by atoms with Gasteiger partial charge in [-0.05, 0) is 39.0 Å². The highest BCUT2D eigenvalue weighted by Crippen LogP contribution is 2.33. The molecule has 0 bridgehead atoms. The van der Waals surface area contributed by atoms with Crippen LogP contribution < -0.4 is 0 Å². The van der Waals surface area contributed by atoms with Crippen LogP contribution in [0.5, 0.6) is 0 Å². The molecule has 3 heterocycles. The van der Waals surface area contributed by atoms with Crippen molar-refractivity contribution in [3.8, 4) is 11.5 Å². The number of hydrogen-bond donors (Lipinski definition) is 0. The first-order chi connectivity index (χ1) is 13.4. The molecular formula is C17H15N7O3S. The predicted molar refractivity (Wildman–Crippen MR) is 101 cm³/mol. The van der Waals surface area contributed by atoms with Gasteiger partial charge in [-0.1, -0.05) is 11.8 Å². The van der Waals surface area contributed by atoms with Crippen molar-refractivity contribution in [2.45, 2.75) is 31.2 Å². The number of aromatic nitrogens is 6. The number of non-ortho nitro benzene ring substituents is 1. The van der Waals surface area contributed by atoms with E-state index in [0.717, 1.165) is 11.4 Å². The van der Waals surface area contributed by atoms with E-state index in [1.165, 1.54) is 23.9 Å². The Labute approximate surface area is 163 Å². The summed E-state index contributed by atoms with van der Waals surface area (Å²) in [6, 6.07) is 7.89. The summed E-state index contributed by atoms with van der Waals surface area (Å²) < 4.78 is 7.42. The second kappa shape index (κ2) is 7.00. The Morgan fingerprint density at radius 2 is 1.93 bits per heavy atom. The second-order valence-corrected chi connectivity index (χ2v) is 7.46. The number of rotatable bonds is 5. The van der Waals surface area contributed by atoms with E-state index >= 15 is 0 Å². The lowest BCUT2D eigenvalue weighted by Gasteiger charge is -2.02. The Hall–Kier alpha value is -3.34. The second-order valence-electron chi connectivity index (χ2n) is 6.15. The van der Waals surface area contributed by atoms with Gasteiger partial charge in [-0.25, -0.2) is 9.50 Å². The quantitative estimate of drug-likeness (QED) is 0.282. The molecule has 11 heteroatoms. The molecule has 0 amide bonds. The molecule has 1 atom stereocenters. The van der Waals surface area contributed by atoms with E-state index in [2.05, 4.69) is 25.3 Å². The van der Waals surface area contributed by atoms with Gasteiger partial charge in [0.15, 0.2) is 0 Å². The van der Waals surface area contributed by atoms with Crippen molar-refractivity contribution in [1.29, 1.82) is 0 Å². The lowest BCUT2D eigenvalue weighted by Crippen LogP contribution is -1.97. The van der Waals surface area contributed by atoms with Crippen LogP contribution >= 0.6 is 11.8 Å². The van der Waals surface area contributed by atoms with Crippen molar-refractivity contribution in [2.24, 2.45) is 0 Å². The van der Waals surface area contributed by atoms with Gasteiger partial charge in [0.2, 0.25) is 16.9 Å². The molecule has 0 saturated heterocycles. The number of aryl methyl sites for hydroxylation is 2. The first-order valence-electron chi connectivity index (χ1n) is 8.36. The highest BCUT2D eigenvalue weighted by molar-refractivity contribution is 7.99. The van der Waals surface area contributed by atoms with Gasteiger partial charge in [0, 0.05) is 29.1 Å². The van der Waals surface area contributed by atoms with Crippen LogP contribution in [0.3, 0.4) is 0 Å². The zero-order chi connectivity index (χ0) is 19.8. The molecule has 4 rings (SSSR count). The number of benzene rings is 1. The van der Waals surface area contributed by atoms with Crippen molar-refractivity contribution < 1.29 is 9.34 Å². The van der Waals surface area contributed by atoms with Crippen LogP contribution in [-0.2, 0) is 0 Å². The fraction of sp³-hybridized carbons (Fsp3) is 0.235. The SMILES string of the molecule is Cc1cc(C)n2nc(SC(C)c3nnc(-c4ccc([N+](=O)[O-])cc4)o3)nc2n1. The predicted octanol–water partition coefficient (Wildman–Crippen LogP) is 3.55. The van der Waals surface area contributed by atoms with Crippen molar-refractivity contribution in [3.63, 3.8) is 0 Å². The highest BCUT2D eigenvalue weighted by Gasteiger charge is 2.19. The van der Waals surface area contributed by atoms with E-state index in [1.807, 2.05) is 26.8 Å². The summed E-state index contributed by atoms with van der Waals surface area (Å²) in [5, 5.41) is 23.7. The third-order valence-corrected chi connectivity index (χ3v) is 4.93. The standard InChI is InChI=1S/C17H15N7O3S/c1-9-8-10(2)23-16(18-9)19-17(22-23)28-11(3)14-20-21-15(27-14)12-4-6-13(7-5-12)24(25)26/h4-8,11H,1-3H3. The maximum absolute atomic E-state index is 10.8. The van der Waals surface area contributed by atoms with E-state index < -0.39 is 4.92 Å². The summed E-state index contributed by atoms with van der Waals surface area (Å²) in [6.45, 7) is 5.77. The third-order valence-electron chi connectivity index (χ3n) is 3.99. The fourth-order valence-corrected chi connectivity index (χ4v) is 3.42. The number of hydrogen-bond acceptors (Lipinski definition) is 9. The maximum atomic E-state index is 10.8. The Morgan fingerprint density at radius 3 is 2.64 bits per heavy atom. The molecule has 1 aromatic carbocycles. The van der Waals surface area contributed by atoms with Crippen LogP contribution in [0.15, 0.2) is 39.9 Å². The molecule has 3 aromatic heterocycles. The van der Waals surface area contributed by atoms with Crippen LogP contribution in [0.25, 0.3) is 17.2 Å². The van der Waals surface area contributed by atoms with Gasteiger partial charge in [-0.2, -0.15) is 4.98 Å². The maximum Gasteiger partial charge on any atom is 0.269 e. The molecule has 0 aliphatic heterocycles. The van der Waals surface area contributed by atoms with E-state index in [4.69, 9.17) is 4.42 Å². The molecule has 28 heavy (non-hydrogen) atoms. The number of nitro groups is 1. The number of nitro benzene ring substituents is 1. The molecule has 0 N–H and O–H groups in total. The monoisotopic (exact) mass is 397 g/mol. The van der Waals surface area contributed by atoms with Gasteiger partial charge < -0.3 is 4.42 Å². The highest BCUT2D eigenvalue weighted by atomic mass is 32.2. The number of fused-ring (bicyclic) bond motifs is 1. The average molecular weight is 397 g/mol. The van der Waals surface area contributed by atoms with Crippen molar-refractivity contribution in [1.82, 2.24) is 29.8 Å². The lowest BCUT2D eigenvalue weighted by atomic mass is 10.2. The first-order valence-corrected chi connectivity index (χ1v) is 9.24. The van der Waals surface area contributed by atoms with E-state index in [0.29, 0.717) is 28.3 Å². The summed E-state index contributed by atoms with van der Waals surface area (Å²) in [5.41, 5.74) is 2.45. The minimum absolute atomic E-state index is 0.00414. The average Bonchev–Trinajstić information content (AvgIpc) is 3.29. The minimum Gasteiger partial charge on any atom is -0.419 e. The van der Waals surface area contributed by atoms with Crippen LogP contribution in [-0.4, -0.2) is 34.7 Å². The summed E-state index contributed by atoms with van der Waals surface area (Å²) in [6.07, 6.45) is 0. The molecule has 10 nitrogen and oxygen atoms in total. The van der Waals surface area contributed by atoms with Crippen molar-refractivity contribution >= 4 is 23.2 Å².